The molecule has 2 N–H and O–H groups in total. The normalized spacial score (nSPS) is 12.2. The van der Waals surface area contributed by atoms with Gasteiger partial charge < -0.3 is 5.11 Å². The number of hydrogen-bond donors (Lipinski definition) is 2. The van der Waals surface area contributed by atoms with Gasteiger partial charge in [-0.1, -0.05) is 32.9 Å². The quantitative estimate of drug-likeness (QED) is 0.654. The van der Waals surface area contributed by atoms with Crippen molar-refractivity contribution in [1.29, 1.82) is 0 Å². The molecule has 0 unspecified atom stereocenters. The van der Waals surface area contributed by atoms with E-state index in [9.17, 15) is 5.11 Å². The Morgan fingerprint density at radius 3 is 2.68 bits per heavy atom. The van der Waals surface area contributed by atoms with E-state index in [1.165, 1.54) is 0 Å². The van der Waals surface area contributed by atoms with Crippen LogP contribution in [0.1, 0.15) is 32.2 Å². The molecule has 1 heterocycles. The Labute approximate surface area is 116 Å². The van der Waals surface area contributed by atoms with E-state index >= 15 is 0 Å². The molecule has 0 bridgehead atoms. The molecule has 2 rings (SSSR count). The number of rotatable bonds is 2. The van der Waals surface area contributed by atoms with E-state index in [0.29, 0.717) is 10.3 Å². The number of benzene rings is 1. The Hall–Kier alpha value is -1.95. The van der Waals surface area contributed by atoms with Gasteiger partial charge in [0, 0.05) is 11.0 Å². The Balaban J connectivity index is 2.42. The predicted molar refractivity (Wildman–Crippen MR) is 77.2 cm³/mol. The summed E-state index contributed by atoms with van der Waals surface area (Å²) in [5.74, 6) is 0.919. The number of para-hydroxylation sites is 1. The maximum absolute atomic E-state index is 9.69. The van der Waals surface area contributed by atoms with Gasteiger partial charge in [0.2, 0.25) is 4.77 Å². The molecular weight excluding hydrogens is 260 g/mol. The van der Waals surface area contributed by atoms with Crippen LogP contribution in [0.4, 0.5) is 0 Å². The SMILES string of the molecule is CC(C)(C)c1n[nH]c(=S)n1/N=C/c1ccccc1O. The van der Waals surface area contributed by atoms with Crippen LogP contribution >= 0.6 is 12.2 Å². The fourth-order valence-corrected chi connectivity index (χ4v) is 1.78. The van der Waals surface area contributed by atoms with Crippen LogP contribution in [-0.2, 0) is 5.41 Å². The van der Waals surface area contributed by atoms with Gasteiger partial charge in [0.15, 0.2) is 5.82 Å². The average molecular weight is 276 g/mol. The number of nitrogens with zero attached hydrogens (tertiary/aromatic N) is 3. The second kappa shape index (κ2) is 4.97. The van der Waals surface area contributed by atoms with Crippen molar-refractivity contribution in [2.24, 2.45) is 5.10 Å². The lowest BCUT2D eigenvalue weighted by Crippen LogP contribution is -2.17. The Morgan fingerprint density at radius 2 is 2.05 bits per heavy atom. The highest BCUT2D eigenvalue weighted by atomic mass is 32.1. The number of nitrogens with one attached hydrogen (secondary N) is 1. The van der Waals surface area contributed by atoms with Gasteiger partial charge >= 0.3 is 0 Å². The summed E-state index contributed by atoms with van der Waals surface area (Å²) in [5.41, 5.74) is 0.453. The number of aromatic hydroxyl groups is 1. The van der Waals surface area contributed by atoms with Gasteiger partial charge in [-0.2, -0.15) is 14.9 Å². The average Bonchev–Trinajstić information content (AvgIpc) is 2.69. The Kier molecular flexibility index (Phi) is 3.53. The van der Waals surface area contributed by atoms with Crippen molar-refractivity contribution < 1.29 is 5.11 Å². The zero-order valence-corrected chi connectivity index (χ0v) is 11.9. The van der Waals surface area contributed by atoms with Gasteiger partial charge in [0.05, 0.1) is 6.21 Å². The number of aromatic nitrogens is 3. The molecule has 0 aliphatic carbocycles. The number of phenolic OH excluding ortho intramolecular Hbond substituents is 1. The summed E-state index contributed by atoms with van der Waals surface area (Å²) >= 11 is 5.16. The molecule has 0 spiro atoms. The summed E-state index contributed by atoms with van der Waals surface area (Å²) in [5, 5.41) is 20.9. The second-order valence-corrected chi connectivity index (χ2v) is 5.60. The highest BCUT2D eigenvalue weighted by Gasteiger charge is 2.21. The molecule has 0 fully saturated rings. The molecule has 19 heavy (non-hydrogen) atoms. The number of hydrogen-bond acceptors (Lipinski definition) is 4. The topological polar surface area (TPSA) is 66.2 Å². The van der Waals surface area contributed by atoms with Gasteiger partial charge in [-0.15, -0.1) is 0 Å². The first-order valence-electron chi connectivity index (χ1n) is 5.90. The lowest BCUT2D eigenvalue weighted by atomic mass is 9.96. The zero-order valence-electron chi connectivity index (χ0n) is 11.1. The molecule has 0 amide bonds. The summed E-state index contributed by atoms with van der Waals surface area (Å²) < 4.78 is 2.00. The van der Waals surface area contributed by atoms with Gasteiger partial charge in [0.1, 0.15) is 5.75 Å². The first-order chi connectivity index (χ1) is 8.89. The molecule has 100 valence electrons. The third kappa shape index (κ3) is 2.90. The molecule has 6 heteroatoms. The molecule has 0 saturated heterocycles. The lowest BCUT2D eigenvalue weighted by Gasteiger charge is -2.15. The minimum Gasteiger partial charge on any atom is -0.507 e. The molecule has 0 aliphatic heterocycles. The van der Waals surface area contributed by atoms with Gasteiger partial charge in [-0.3, -0.25) is 5.10 Å². The van der Waals surface area contributed by atoms with E-state index in [0.717, 1.165) is 5.82 Å². The lowest BCUT2D eigenvalue weighted by molar-refractivity contribution is 0.474. The van der Waals surface area contributed by atoms with E-state index in [2.05, 4.69) is 15.3 Å². The summed E-state index contributed by atoms with van der Waals surface area (Å²) in [6.45, 7) is 6.10. The van der Waals surface area contributed by atoms with Crippen LogP contribution < -0.4 is 0 Å². The number of phenols is 1. The maximum atomic E-state index is 9.69. The fraction of sp³-hybridized carbons (Fsp3) is 0.308. The summed E-state index contributed by atoms with van der Waals surface area (Å²) in [4.78, 5) is 0. The summed E-state index contributed by atoms with van der Waals surface area (Å²) in [6, 6.07) is 6.98. The Morgan fingerprint density at radius 1 is 1.37 bits per heavy atom. The summed E-state index contributed by atoms with van der Waals surface area (Å²) in [6.07, 6.45) is 1.57. The summed E-state index contributed by atoms with van der Waals surface area (Å²) in [7, 11) is 0. The second-order valence-electron chi connectivity index (χ2n) is 5.22. The molecule has 0 aliphatic rings. The minimum atomic E-state index is -0.177. The van der Waals surface area contributed by atoms with Crippen LogP contribution in [-0.4, -0.2) is 26.2 Å². The monoisotopic (exact) mass is 276 g/mol. The van der Waals surface area contributed by atoms with Crippen LogP contribution in [0.15, 0.2) is 29.4 Å². The van der Waals surface area contributed by atoms with E-state index in [1.54, 1.807) is 29.1 Å². The van der Waals surface area contributed by atoms with Crippen LogP contribution in [0.2, 0.25) is 0 Å². The van der Waals surface area contributed by atoms with Crippen molar-refractivity contribution in [2.75, 3.05) is 0 Å². The molecule has 0 radical (unpaired) electrons. The minimum absolute atomic E-state index is 0.177. The highest BCUT2D eigenvalue weighted by Crippen LogP contribution is 2.20. The van der Waals surface area contributed by atoms with E-state index < -0.39 is 0 Å². The fourth-order valence-electron chi connectivity index (χ4n) is 1.60. The van der Waals surface area contributed by atoms with Crippen molar-refractivity contribution in [3.8, 4) is 5.75 Å². The molecule has 2 aromatic rings. The molecular formula is C13H16N4OS. The van der Waals surface area contributed by atoms with Gasteiger partial charge in [-0.05, 0) is 24.4 Å². The third-order valence-corrected chi connectivity index (χ3v) is 2.83. The van der Waals surface area contributed by atoms with Crippen LogP contribution in [0.25, 0.3) is 0 Å². The third-order valence-electron chi connectivity index (χ3n) is 2.57. The van der Waals surface area contributed by atoms with Crippen LogP contribution in [0, 0.1) is 4.77 Å². The molecule has 5 nitrogen and oxygen atoms in total. The number of H-pyrrole nitrogens is 1. The van der Waals surface area contributed by atoms with Crippen molar-refractivity contribution in [1.82, 2.24) is 14.9 Å². The van der Waals surface area contributed by atoms with E-state index in [4.69, 9.17) is 12.2 Å². The molecule has 0 atom stereocenters. The number of aromatic amines is 1. The zero-order chi connectivity index (χ0) is 14.0. The van der Waals surface area contributed by atoms with Crippen molar-refractivity contribution in [2.45, 2.75) is 26.2 Å². The molecule has 1 aromatic carbocycles. The first kappa shape index (κ1) is 13.5. The Bertz CT molecular complexity index is 664. The maximum Gasteiger partial charge on any atom is 0.216 e. The van der Waals surface area contributed by atoms with Crippen LogP contribution in [0.5, 0.6) is 5.75 Å². The van der Waals surface area contributed by atoms with E-state index in [1.807, 2.05) is 26.8 Å². The largest absolute Gasteiger partial charge is 0.507 e. The van der Waals surface area contributed by atoms with Crippen LogP contribution in [0.3, 0.4) is 0 Å². The standard InChI is InChI=1S/C13H16N4OS/c1-13(2,3)11-15-16-12(19)17(11)14-8-9-6-4-5-7-10(9)18/h4-8,18H,1-3H3,(H,16,19)/b14-8+. The first-order valence-corrected chi connectivity index (χ1v) is 6.30. The molecule has 0 saturated carbocycles. The van der Waals surface area contributed by atoms with Gasteiger partial charge in [-0.25, -0.2) is 0 Å². The van der Waals surface area contributed by atoms with E-state index in [-0.39, 0.29) is 11.2 Å². The smallest absolute Gasteiger partial charge is 0.216 e. The predicted octanol–water partition coefficient (Wildman–Crippen LogP) is 2.83. The highest BCUT2D eigenvalue weighted by molar-refractivity contribution is 7.71. The van der Waals surface area contributed by atoms with Crippen molar-refractivity contribution in [3.05, 3.63) is 40.4 Å². The van der Waals surface area contributed by atoms with Gasteiger partial charge in [0.25, 0.3) is 0 Å². The molecule has 1 aromatic heterocycles. The van der Waals surface area contributed by atoms with Crippen molar-refractivity contribution in [3.63, 3.8) is 0 Å². The van der Waals surface area contributed by atoms with Crippen molar-refractivity contribution >= 4 is 18.4 Å².